The number of carbonyl (C=O) groups is 1. The van der Waals surface area contributed by atoms with Crippen LogP contribution in [0.1, 0.15) is 18.9 Å². The molecular weight excluding hydrogens is 278 g/mol. The van der Waals surface area contributed by atoms with Crippen molar-refractivity contribution >= 4 is 15.9 Å². The lowest BCUT2D eigenvalue weighted by atomic mass is 9.89. The number of carbonyl (C=O) groups excluding carboxylic acids is 1. The van der Waals surface area contributed by atoms with Gasteiger partial charge in [-0.05, 0) is 25.0 Å². The third-order valence-corrected chi connectivity index (χ3v) is 5.69. The molecule has 2 rings (SSSR count). The van der Waals surface area contributed by atoms with Gasteiger partial charge in [0.25, 0.3) is 10.0 Å². The number of sulfonamides is 1. The van der Waals surface area contributed by atoms with Crippen LogP contribution in [0.4, 0.5) is 0 Å². The molecule has 0 unspecified atom stereocenters. The topological polar surface area (TPSA) is 63.7 Å². The largest absolute Gasteiger partial charge is 0.382 e. The first-order chi connectivity index (χ1) is 9.45. The van der Waals surface area contributed by atoms with E-state index in [1.165, 1.54) is 13.2 Å². The number of benzene rings is 1. The van der Waals surface area contributed by atoms with Crippen molar-refractivity contribution in [1.82, 2.24) is 4.31 Å². The summed E-state index contributed by atoms with van der Waals surface area (Å²) in [6.45, 7) is 3.83. The minimum atomic E-state index is -3.79. The third-order valence-electron chi connectivity index (χ3n) is 3.71. The van der Waals surface area contributed by atoms with E-state index in [0.717, 1.165) is 4.31 Å². The van der Waals surface area contributed by atoms with Crippen LogP contribution in [-0.4, -0.2) is 38.4 Å². The first kappa shape index (κ1) is 15.0. The standard InChI is InChI=1S/C14H19NO4S/c1-4-11-12(9-19-3)15(14(11)16)20(17,18)13-8-6-5-7-10(13)2/h5-8,11-12H,4,9H2,1-3H3/t11-,12+/m0/s1. The molecule has 6 heteroatoms. The summed E-state index contributed by atoms with van der Waals surface area (Å²) in [6, 6.07) is 6.28. The molecule has 0 N–H and O–H groups in total. The molecule has 1 amide bonds. The highest BCUT2D eigenvalue weighted by Crippen LogP contribution is 2.35. The van der Waals surface area contributed by atoms with Gasteiger partial charge in [-0.25, -0.2) is 12.7 Å². The summed E-state index contributed by atoms with van der Waals surface area (Å²) in [5, 5.41) is 0. The lowest BCUT2D eigenvalue weighted by molar-refractivity contribution is -0.149. The van der Waals surface area contributed by atoms with Gasteiger partial charge in [-0.2, -0.15) is 0 Å². The third kappa shape index (κ3) is 2.23. The molecule has 20 heavy (non-hydrogen) atoms. The zero-order chi connectivity index (χ0) is 14.9. The van der Waals surface area contributed by atoms with Gasteiger partial charge < -0.3 is 4.74 Å². The van der Waals surface area contributed by atoms with Crippen molar-refractivity contribution in [2.24, 2.45) is 5.92 Å². The number of amides is 1. The minimum absolute atomic E-state index is 0.184. The summed E-state index contributed by atoms with van der Waals surface area (Å²) in [5.41, 5.74) is 0.636. The fraction of sp³-hybridized carbons (Fsp3) is 0.500. The number of hydrogen-bond donors (Lipinski definition) is 0. The second kappa shape index (κ2) is 5.54. The molecule has 0 radical (unpaired) electrons. The molecule has 0 saturated carbocycles. The predicted molar refractivity (Wildman–Crippen MR) is 74.7 cm³/mol. The molecule has 1 aromatic rings. The molecule has 1 fully saturated rings. The van der Waals surface area contributed by atoms with E-state index in [2.05, 4.69) is 0 Å². The summed E-state index contributed by atoms with van der Waals surface area (Å²) in [6.07, 6.45) is 0.618. The maximum Gasteiger partial charge on any atom is 0.267 e. The van der Waals surface area contributed by atoms with Crippen molar-refractivity contribution in [3.8, 4) is 0 Å². The van der Waals surface area contributed by atoms with Crippen LogP contribution in [0.15, 0.2) is 29.2 Å². The first-order valence-electron chi connectivity index (χ1n) is 6.58. The smallest absolute Gasteiger partial charge is 0.267 e. The normalized spacial score (nSPS) is 22.8. The fourth-order valence-electron chi connectivity index (χ4n) is 2.62. The summed E-state index contributed by atoms with van der Waals surface area (Å²) in [7, 11) is -2.28. The summed E-state index contributed by atoms with van der Waals surface area (Å²) >= 11 is 0. The van der Waals surface area contributed by atoms with E-state index in [4.69, 9.17) is 4.74 Å². The number of ether oxygens (including phenoxy) is 1. The first-order valence-corrected chi connectivity index (χ1v) is 8.02. The Morgan fingerprint density at radius 1 is 1.30 bits per heavy atom. The van der Waals surface area contributed by atoms with Crippen molar-refractivity contribution in [3.05, 3.63) is 29.8 Å². The molecule has 5 nitrogen and oxygen atoms in total. The number of rotatable bonds is 5. The van der Waals surface area contributed by atoms with Crippen LogP contribution in [0.5, 0.6) is 0 Å². The molecule has 0 aliphatic carbocycles. The van der Waals surface area contributed by atoms with Crippen LogP contribution in [0.25, 0.3) is 0 Å². The van der Waals surface area contributed by atoms with E-state index in [0.29, 0.717) is 12.0 Å². The highest BCUT2D eigenvalue weighted by atomic mass is 32.2. The zero-order valence-corrected chi connectivity index (χ0v) is 12.7. The fourth-order valence-corrected chi connectivity index (χ4v) is 4.50. The van der Waals surface area contributed by atoms with Crippen LogP contribution in [0, 0.1) is 12.8 Å². The van der Waals surface area contributed by atoms with Crippen LogP contribution >= 0.6 is 0 Å². The molecule has 0 bridgehead atoms. The molecule has 0 aromatic heterocycles. The second-order valence-corrected chi connectivity index (χ2v) is 6.73. The Kier molecular flexibility index (Phi) is 4.15. The van der Waals surface area contributed by atoms with Gasteiger partial charge >= 0.3 is 0 Å². The molecular formula is C14H19NO4S. The molecule has 1 aliphatic heterocycles. The Morgan fingerprint density at radius 2 is 1.95 bits per heavy atom. The van der Waals surface area contributed by atoms with E-state index >= 15 is 0 Å². The van der Waals surface area contributed by atoms with Crippen molar-refractivity contribution < 1.29 is 17.9 Å². The summed E-state index contributed by atoms with van der Waals surface area (Å²) in [5.74, 6) is -0.605. The highest BCUT2D eigenvalue weighted by Gasteiger charge is 2.52. The van der Waals surface area contributed by atoms with Crippen LogP contribution in [0.3, 0.4) is 0 Å². The average molecular weight is 297 g/mol. The lowest BCUT2D eigenvalue weighted by Crippen LogP contribution is -2.64. The Hall–Kier alpha value is -1.40. The van der Waals surface area contributed by atoms with Crippen molar-refractivity contribution in [2.75, 3.05) is 13.7 Å². The molecule has 0 spiro atoms. The Bertz CT molecular complexity index is 611. The van der Waals surface area contributed by atoms with Crippen LogP contribution in [0.2, 0.25) is 0 Å². The number of hydrogen-bond acceptors (Lipinski definition) is 4. The van der Waals surface area contributed by atoms with E-state index in [1.54, 1.807) is 25.1 Å². The number of β-lactam (4-membered cyclic amide) rings is 1. The SMILES string of the molecule is CC[C@@H]1C(=O)N(S(=O)(=O)c2ccccc2C)[C@@H]1COC. The Labute approximate surface area is 119 Å². The number of aryl methyl sites for hydroxylation is 1. The number of methoxy groups -OCH3 is 1. The molecule has 2 atom stereocenters. The number of nitrogens with zero attached hydrogens (tertiary/aromatic N) is 1. The maximum absolute atomic E-state index is 12.6. The van der Waals surface area contributed by atoms with Crippen molar-refractivity contribution in [1.29, 1.82) is 0 Å². The quantitative estimate of drug-likeness (QED) is 0.774. The van der Waals surface area contributed by atoms with Gasteiger partial charge in [-0.15, -0.1) is 0 Å². The van der Waals surface area contributed by atoms with Crippen molar-refractivity contribution in [3.63, 3.8) is 0 Å². The molecule has 1 aliphatic rings. The zero-order valence-electron chi connectivity index (χ0n) is 11.9. The van der Waals surface area contributed by atoms with Gasteiger partial charge in [0.05, 0.1) is 23.5 Å². The minimum Gasteiger partial charge on any atom is -0.382 e. The van der Waals surface area contributed by atoms with Gasteiger partial charge in [-0.3, -0.25) is 4.79 Å². The van der Waals surface area contributed by atoms with E-state index < -0.39 is 16.1 Å². The molecule has 1 aromatic carbocycles. The molecule has 110 valence electrons. The van der Waals surface area contributed by atoms with Gasteiger partial charge in [0.2, 0.25) is 5.91 Å². The van der Waals surface area contributed by atoms with E-state index in [-0.39, 0.29) is 23.3 Å². The van der Waals surface area contributed by atoms with Gasteiger partial charge in [0.15, 0.2) is 0 Å². The highest BCUT2D eigenvalue weighted by molar-refractivity contribution is 7.89. The van der Waals surface area contributed by atoms with Crippen LogP contribution < -0.4 is 0 Å². The van der Waals surface area contributed by atoms with Gasteiger partial charge in [0, 0.05) is 7.11 Å². The average Bonchev–Trinajstić information content (AvgIpc) is 2.39. The summed E-state index contributed by atoms with van der Waals surface area (Å²) < 4.78 is 31.3. The Balaban J connectivity index is 2.39. The van der Waals surface area contributed by atoms with Gasteiger partial charge in [0.1, 0.15) is 0 Å². The lowest BCUT2D eigenvalue weighted by Gasteiger charge is -2.45. The molecule has 1 heterocycles. The van der Waals surface area contributed by atoms with Crippen LogP contribution in [-0.2, 0) is 19.6 Å². The molecule has 1 saturated heterocycles. The maximum atomic E-state index is 12.6. The predicted octanol–water partition coefficient (Wildman–Crippen LogP) is 1.57. The second-order valence-electron chi connectivity index (χ2n) is 4.94. The van der Waals surface area contributed by atoms with E-state index in [9.17, 15) is 13.2 Å². The van der Waals surface area contributed by atoms with E-state index in [1.807, 2.05) is 6.92 Å². The van der Waals surface area contributed by atoms with Gasteiger partial charge in [-0.1, -0.05) is 25.1 Å². The Morgan fingerprint density at radius 3 is 2.50 bits per heavy atom. The summed E-state index contributed by atoms with van der Waals surface area (Å²) in [4.78, 5) is 12.3. The monoisotopic (exact) mass is 297 g/mol. The van der Waals surface area contributed by atoms with Crippen molar-refractivity contribution in [2.45, 2.75) is 31.2 Å².